The van der Waals surface area contributed by atoms with Crippen LogP contribution in [-0.2, 0) is 9.16 Å². The van der Waals surface area contributed by atoms with Gasteiger partial charge in [-0.3, -0.25) is 0 Å². The Morgan fingerprint density at radius 2 is 2.00 bits per heavy atom. The molecule has 0 spiro atoms. The molecule has 23 heavy (non-hydrogen) atoms. The van der Waals surface area contributed by atoms with Crippen LogP contribution in [0.2, 0.25) is 19.6 Å². The zero-order chi connectivity index (χ0) is 17.2. The second-order valence-corrected chi connectivity index (χ2v) is 11.7. The van der Waals surface area contributed by atoms with Gasteiger partial charge in [0.2, 0.25) is 8.32 Å². The summed E-state index contributed by atoms with van der Waals surface area (Å²) in [5.74, 6) is 0.909. The first kappa shape index (κ1) is 17.6. The van der Waals surface area contributed by atoms with Crippen LogP contribution in [0.5, 0.6) is 0 Å². The molecule has 0 N–H and O–H groups in total. The number of nitrogens with zero attached hydrogens (tertiary/aromatic N) is 1. The maximum Gasteiger partial charge on any atom is 0.417 e. The molecule has 5 heteroatoms. The lowest BCUT2D eigenvalue weighted by molar-refractivity contribution is 0.150. The van der Waals surface area contributed by atoms with E-state index >= 15 is 0 Å². The summed E-state index contributed by atoms with van der Waals surface area (Å²) in [4.78, 5) is 14.0. The highest BCUT2D eigenvalue weighted by molar-refractivity contribution is 6.70. The van der Waals surface area contributed by atoms with Gasteiger partial charge in [-0.25, -0.2) is 9.69 Å². The van der Waals surface area contributed by atoms with Crippen molar-refractivity contribution in [3.8, 4) is 0 Å². The van der Waals surface area contributed by atoms with Gasteiger partial charge in [0.25, 0.3) is 0 Å². The summed E-state index contributed by atoms with van der Waals surface area (Å²) in [6.07, 6.45) is 1.65. The minimum atomic E-state index is -1.87. The van der Waals surface area contributed by atoms with Crippen LogP contribution in [0.1, 0.15) is 25.0 Å². The molecule has 1 heterocycles. The predicted molar refractivity (Wildman–Crippen MR) is 95.4 cm³/mol. The van der Waals surface area contributed by atoms with Crippen molar-refractivity contribution in [3.63, 3.8) is 0 Å². The van der Waals surface area contributed by atoms with Crippen LogP contribution in [0.15, 0.2) is 30.1 Å². The number of cyclic esters (lactones) is 1. The van der Waals surface area contributed by atoms with Crippen molar-refractivity contribution in [1.82, 2.24) is 4.90 Å². The van der Waals surface area contributed by atoms with Gasteiger partial charge in [-0.1, -0.05) is 38.1 Å². The molecule has 0 aromatic heterocycles. The number of carbonyl (C=O) groups excluding carboxylic acids is 1. The van der Waals surface area contributed by atoms with Crippen molar-refractivity contribution < 1.29 is 14.0 Å². The Labute approximate surface area is 140 Å². The molecule has 2 rings (SSSR count). The maximum atomic E-state index is 12.3. The largest absolute Gasteiger partial charge is 0.532 e. The van der Waals surface area contributed by atoms with E-state index < -0.39 is 8.32 Å². The molecule has 4 nitrogen and oxygen atoms in total. The Hall–Kier alpha value is -1.75. The van der Waals surface area contributed by atoms with E-state index in [9.17, 15) is 4.79 Å². The van der Waals surface area contributed by atoms with Crippen molar-refractivity contribution in [3.05, 3.63) is 41.3 Å². The smallest absolute Gasteiger partial charge is 0.417 e. The van der Waals surface area contributed by atoms with Gasteiger partial charge < -0.3 is 9.16 Å². The van der Waals surface area contributed by atoms with Gasteiger partial charge in [-0.2, -0.15) is 0 Å². The number of benzene rings is 1. The van der Waals surface area contributed by atoms with Crippen molar-refractivity contribution >= 4 is 20.5 Å². The highest BCUT2D eigenvalue weighted by atomic mass is 28.4. The SMILES string of the molecule is Cc1ccccc1/C=C(\O[Si](C)(C)C)N1C(=O)OC[C@H]1C(C)C. The van der Waals surface area contributed by atoms with Gasteiger partial charge in [0, 0.05) is 6.08 Å². The van der Waals surface area contributed by atoms with Crippen LogP contribution in [0.25, 0.3) is 6.08 Å². The quantitative estimate of drug-likeness (QED) is 0.583. The molecule has 1 amide bonds. The molecule has 1 aromatic rings. The topological polar surface area (TPSA) is 38.8 Å². The van der Waals surface area contributed by atoms with Crippen LogP contribution in [-0.4, -0.2) is 32.0 Å². The number of rotatable bonds is 5. The van der Waals surface area contributed by atoms with E-state index in [0.717, 1.165) is 11.1 Å². The fraction of sp³-hybridized carbons (Fsp3) is 0.500. The van der Waals surface area contributed by atoms with Gasteiger partial charge in [0.05, 0.1) is 6.04 Å². The summed E-state index contributed by atoms with van der Waals surface area (Å²) in [6, 6.07) is 8.10. The average Bonchev–Trinajstić information content (AvgIpc) is 2.81. The zero-order valence-electron chi connectivity index (χ0n) is 14.9. The summed E-state index contributed by atoms with van der Waals surface area (Å²) in [7, 11) is -1.87. The summed E-state index contributed by atoms with van der Waals surface area (Å²) >= 11 is 0. The Morgan fingerprint density at radius 1 is 1.35 bits per heavy atom. The van der Waals surface area contributed by atoms with Crippen molar-refractivity contribution in [2.75, 3.05) is 6.61 Å². The molecule has 1 aliphatic heterocycles. The maximum absolute atomic E-state index is 12.3. The summed E-state index contributed by atoms with van der Waals surface area (Å²) in [6.45, 7) is 13.0. The molecule has 0 aliphatic carbocycles. The first-order chi connectivity index (χ1) is 10.7. The van der Waals surface area contributed by atoms with E-state index in [1.807, 2.05) is 24.3 Å². The van der Waals surface area contributed by atoms with Crippen molar-refractivity contribution in [2.45, 2.75) is 46.5 Å². The molecule has 0 unspecified atom stereocenters. The number of ether oxygens (including phenoxy) is 1. The number of aryl methyl sites for hydroxylation is 1. The zero-order valence-corrected chi connectivity index (χ0v) is 15.9. The van der Waals surface area contributed by atoms with Gasteiger partial charge in [0.1, 0.15) is 6.61 Å². The molecule has 1 aromatic carbocycles. The van der Waals surface area contributed by atoms with Crippen LogP contribution < -0.4 is 0 Å². The Morgan fingerprint density at radius 3 is 2.57 bits per heavy atom. The third-order valence-corrected chi connectivity index (χ3v) is 4.61. The van der Waals surface area contributed by atoms with Gasteiger partial charge in [0.15, 0.2) is 5.88 Å². The van der Waals surface area contributed by atoms with Gasteiger partial charge >= 0.3 is 6.09 Å². The van der Waals surface area contributed by atoms with Crippen molar-refractivity contribution in [2.24, 2.45) is 5.92 Å². The van der Waals surface area contributed by atoms with Crippen molar-refractivity contribution in [1.29, 1.82) is 0 Å². The molecular formula is C18H27NO3Si. The Kier molecular flexibility index (Phi) is 5.19. The summed E-state index contributed by atoms with van der Waals surface area (Å²) < 4.78 is 11.5. The lowest BCUT2D eigenvalue weighted by atomic mass is 10.0. The number of amides is 1. The average molecular weight is 334 g/mol. The molecule has 0 bridgehead atoms. The fourth-order valence-corrected chi connectivity index (χ4v) is 3.31. The highest BCUT2D eigenvalue weighted by Crippen LogP contribution is 2.28. The van der Waals surface area contributed by atoms with E-state index in [1.54, 1.807) is 4.90 Å². The van der Waals surface area contributed by atoms with Gasteiger partial charge in [-0.15, -0.1) is 0 Å². The van der Waals surface area contributed by atoms with Crippen LogP contribution in [0.3, 0.4) is 0 Å². The van der Waals surface area contributed by atoms with E-state index in [4.69, 9.17) is 9.16 Å². The monoisotopic (exact) mass is 333 g/mol. The van der Waals surface area contributed by atoms with E-state index in [1.165, 1.54) is 0 Å². The molecule has 126 valence electrons. The first-order valence-electron chi connectivity index (χ1n) is 8.11. The van der Waals surface area contributed by atoms with Crippen LogP contribution >= 0.6 is 0 Å². The number of carbonyl (C=O) groups is 1. The summed E-state index contributed by atoms with van der Waals surface area (Å²) in [5.41, 5.74) is 2.21. The lowest BCUT2D eigenvalue weighted by Crippen LogP contribution is -2.40. The van der Waals surface area contributed by atoms with E-state index in [-0.39, 0.29) is 12.1 Å². The minimum absolute atomic E-state index is 0.00844. The lowest BCUT2D eigenvalue weighted by Gasteiger charge is -2.31. The minimum Gasteiger partial charge on any atom is -0.532 e. The Bertz CT molecular complexity index is 605. The fourth-order valence-electron chi connectivity index (χ4n) is 2.52. The van der Waals surface area contributed by atoms with E-state index in [0.29, 0.717) is 18.4 Å². The van der Waals surface area contributed by atoms with Crippen LogP contribution in [0, 0.1) is 12.8 Å². The van der Waals surface area contributed by atoms with E-state index in [2.05, 4.69) is 46.5 Å². The highest BCUT2D eigenvalue weighted by Gasteiger charge is 2.39. The molecule has 0 radical (unpaired) electrons. The predicted octanol–water partition coefficient (Wildman–Crippen LogP) is 4.62. The molecule has 1 saturated heterocycles. The normalized spacial score (nSPS) is 19.3. The molecule has 0 saturated carbocycles. The second kappa shape index (κ2) is 6.79. The number of hydrogen-bond donors (Lipinski definition) is 0. The molecule has 1 fully saturated rings. The standard InChI is InChI=1S/C18H27NO3Si/c1-13(2)16-12-21-18(20)19(16)17(22-23(4,5)6)11-15-10-8-7-9-14(15)3/h7-11,13,16H,12H2,1-6H3/b17-11-/t16-/m0/s1. The second-order valence-electron chi connectivity index (χ2n) is 7.31. The molecule has 1 atom stereocenters. The third-order valence-electron chi connectivity index (χ3n) is 3.79. The first-order valence-corrected chi connectivity index (χ1v) is 11.5. The van der Waals surface area contributed by atoms with Crippen LogP contribution in [0.4, 0.5) is 4.79 Å². The third kappa shape index (κ3) is 4.38. The summed E-state index contributed by atoms with van der Waals surface area (Å²) in [5, 5.41) is 0. The van der Waals surface area contributed by atoms with Gasteiger partial charge in [-0.05, 0) is 43.6 Å². The molecule has 1 aliphatic rings. The number of hydrogen-bond acceptors (Lipinski definition) is 3. The Balaban J connectivity index is 2.46. The molecular weight excluding hydrogens is 306 g/mol.